The fourth-order valence-corrected chi connectivity index (χ4v) is 1.39. The molecule has 0 aliphatic rings. The van der Waals surface area contributed by atoms with Crippen molar-refractivity contribution in [3.05, 3.63) is 28.0 Å². The molecule has 6 heteroatoms. The summed E-state index contributed by atoms with van der Waals surface area (Å²) in [6.45, 7) is 0. The Balaban J connectivity index is 3.58. The van der Waals surface area contributed by atoms with Crippen LogP contribution in [0, 0.1) is 5.82 Å². The molecule has 0 saturated carbocycles. The molecule has 1 N–H and O–H groups in total. The molecule has 0 heterocycles. The summed E-state index contributed by atoms with van der Waals surface area (Å²) >= 11 is 5.50. The summed E-state index contributed by atoms with van der Waals surface area (Å²) < 4.78 is 18.1. The molecule has 0 saturated heterocycles. The van der Waals surface area contributed by atoms with E-state index in [0.717, 1.165) is 13.2 Å². The molecule has 1 aromatic carbocycles. The molecule has 0 aromatic heterocycles. The molecule has 0 fully saturated rings. The van der Waals surface area contributed by atoms with E-state index in [0.29, 0.717) is 6.29 Å². The number of aromatic carboxylic acids is 1. The molecule has 1 rings (SSSR count). The van der Waals surface area contributed by atoms with E-state index in [-0.39, 0.29) is 10.6 Å². The molecule has 0 amide bonds. The van der Waals surface area contributed by atoms with E-state index in [9.17, 15) is 14.0 Å². The molecule has 15 heavy (non-hydrogen) atoms. The Hall–Kier alpha value is -1.62. The van der Waals surface area contributed by atoms with Crippen molar-refractivity contribution in [3.8, 4) is 5.75 Å². The third-order valence-corrected chi connectivity index (χ3v) is 2.05. The van der Waals surface area contributed by atoms with Crippen molar-refractivity contribution < 1.29 is 23.8 Å². The van der Waals surface area contributed by atoms with E-state index >= 15 is 0 Å². The van der Waals surface area contributed by atoms with Crippen LogP contribution in [0.5, 0.6) is 5.75 Å². The summed E-state index contributed by atoms with van der Waals surface area (Å²) in [6.07, 6.45) is 0.333. The lowest BCUT2D eigenvalue weighted by Gasteiger charge is -2.08. The zero-order valence-electron chi connectivity index (χ0n) is 7.58. The molecule has 80 valence electrons. The molecular weight excluding hydrogens is 227 g/mol. The first-order valence-corrected chi connectivity index (χ1v) is 4.15. The van der Waals surface area contributed by atoms with Gasteiger partial charge in [0.25, 0.3) is 0 Å². The minimum atomic E-state index is -1.52. The lowest BCUT2D eigenvalue weighted by Crippen LogP contribution is -2.06. The van der Waals surface area contributed by atoms with Gasteiger partial charge in [0, 0.05) is 0 Å². The van der Waals surface area contributed by atoms with Crippen LogP contribution in [0.25, 0.3) is 0 Å². The van der Waals surface area contributed by atoms with Gasteiger partial charge in [-0.15, -0.1) is 0 Å². The normalized spacial score (nSPS) is 9.80. The van der Waals surface area contributed by atoms with Crippen LogP contribution in [0.3, 0.4) is 0 Å². The van der Waals surface area contributed by atoms with E-state index in [1.807, 2.05) is 0 Å². The van der Waals surface area contributed by atoms with E-state index < -0.39 is 23.1 Å². The van der Waals surface area contributed by atoms with E-state index in [4.69, 9.17) is 16.7 Å². The monoisotopic (exact) mass is 232 g/mol. The highest BCUT2D eigenvalue weighted by Crippen LogP contribution is 2.30. The van der Waals surface area contributed by atoms with Crippen LogP contribution >= 0.6 is 11.6 Å². The van der Waals surface area contributed by atoms with Crippen molar-refractivity contribution in [1.29, 1.82) is 0 Å². The summed E-state index contributed by atoms with van der Waals surface area (Å²) in [5.74, 6) is -3.10. The molecular formula is C9H6ClFO4. The molecule has 0 aliphatic carbocycles. The van der Waals surface area contributed by atoms with Crippen LogP contribution in [0.4, 0.5) is 4.39 Å². The molecule has 0 aliphatic heterocycles. The average molecular weight is 233 g/mol. The maximum atomic E-state index is 13.5. The summed E-state index contributed by atoms with van der Waals surface area (Å²) in [7, 11) is 1.13. The fourth-order valence-electron chi connectivity index (χ4n) is 1.11. The minimum absolute atomic E-state index is 0.134. The summed E-state index contributed by atoms with van der Waals surface area (Å²) in [4.78, 5) is 21.2. The Kier molecular flexibility index (Phi) is 3.26. The highest BCUT2D eigenvalue weighted by atomic mass is 35.5. The second-order valence-electron chi connectivity index (χ2n) is 2.59. The number of methoxy groups -OCH3 is 1. The summed E-state index contributed by atoms with van der Waals surface area (Å²) in [5, 5.41) is 8.32. The molecule has 0 bridgehead atoms. The van der Waals surface area contributed by atoms with Crippen molar-refractivity contribution in [1.82, 2.24) is 0 Å². The average Bonchev–Trinajstić information content (AvgIpc) is 2.16. The topological polar surface area (TPSA) is 63.6 Å². The summed E-state index contributed by atoms with van der Waals surface area (Å²) in [5.41, 5.74) is -0.843. The van der Waals surface area contributed by atoms with E-state index in [1.165, 1.54) is 0 Å². The van der Waals surface area contributed by atoms with Gasteiger partial charge in [0.1, 0.15) is 5.56 Å². The standard InChI is InChI=1S/C9H6ClFO4/c1-15-8-4(3-12)2-5(10)6(7(8)11)9(13)14/h2-3H,1H3,(H,13,14). The van der Waals surface area contributed by atoms with Crippen molar-refractivity contribution in [3.63, 3.8) is 0 Å². The maximum Gasteiger partial charge on any atom is 0.340 e. The van der Waals surface area contributed by atoms with Gasteiger partial charge in [-0.05, 0) is 6.07 Å². The number of ether oxygens (including phenoxy) is 1. The van der Waals surface area contributed by atoms with Gasteiger partial charge in [-0.3, -0.25) is 4.79 Å². The number of hydrogen-bond acceptors (Lipinski definition) is 3. The number of carboxylic acid groups (broad SMARTS) is 1. The van der Waals surface area contributed by atoms with Crippen LogP contribution in [0.2, 0.25) is 5.02 Å². The predicted molar refractivity (Wildman–Crippen MR) is 50.3 cm³/mol. The lowest BCUT2D eigenvalue weighted by molar-refractivity contribution is 0.0690. The Morgan fingerprint density at radius 1 is 1.67 bits per heavy atom. The SMILES string of the molecule is COc1c(C=O)cc(Cl)c(C(=O)O)c1F. The second-order valence-corrected chi connectivity index (χ2v) is 3.00. The van der Waals surface area contributed by atoms with Crippen molar-refractivity contribution in [2.24, 2.45) is 0 Å². The van der Waals surface area contributed by atoms with Gasteiger partial charge in [0.2, 0.25) is 0 Å². The third-order valence-electron chi connectivity index (χ3n) is 1.75. The fraction of sp³-hybridized carbons (Fsp3) is 0.111. The first-order chi connectivity index (χ1) is 7.02. The van der Waals surface area contributed by atoms with Gasteiger partial charge < -0.3 is 9.84 Å². The highest BCUT2D eigenvalue weighted by molar-refractivity contribution is 6.34. The van der Waals surface area contributed by atoms with Crippen LogP contribution in [0.1, 0.15) is 20.7 Å². The number of benzene rings is 1. The van der Waals surface area contributed by atoms with Crippen LogP contribution in [-0.4, -0.2) is 24.5 Å². The van der Waals surface area contributed by atoms with Crippen LogP contribution in [0.15, 0.2) is 6.07 Å². The van der Waals surface area contributed by atoms with Gasteiger partial charge in [-0.1, -0.05) is 11.6 Å². The number of carbonyl (C=O) groups is 2. The molecule has 0 spiro atoms. The largest absolute Gasteiger partial charge is 0.493 e. The molecule has 0 unspecified atom stereocenters. The zero-order valence-corrected chi connectivity index (χ0v) is 8.34. The Morgan fingerprint density at radius 3 is 2.67 bits per heavy atom. The quantitative estimate of drug-likeness (QED) is 0.810. The van der Waals surface area contributed by atoms with E-state index in [2.05, 4.69) is 4.74 Å². The van der Waals surface area contributed by atoms with Gasteiger partial charge in [-0.25, -0.2) is 9.18 Å². The van der Waals surface area contributed by atoms with Gasteiger partial charge >= 0.3 is 5.97 Å². The highest BCUT2D eigenvalue weighted by Gasteiger charge is 2.22. The number of carbonyl (C=O) groups excluding carboxylic acids is 1. The number of hydrogen-bond donors (Lipinski definition) is 1. The molecule has 0 atom stereocenters. The van der Waals surface area contributed by atoms with Crippen LogP contribution < -0.4 is 4.74 Å². The van der Waals surface area contributed by atoms with Crippen LogP contribution in [-0.2, 0) is 0 Å². The lowest BCUT2D eigenvalue weighted by atomic mass is 10.1. The van der Waals surface area contributed by atoms with Crippen molar-refractivity contribution in [2.75, 3.05) is 7.11 Å². The second kappa shape index (κ2) is 4.27. The zero-order chi connectivity index (χ0) is 11.6. The molecule has 4 nitrogen and oxygen atoms in total. The third kappa shape index (κ3) is 1.92. The number of rotatable bonds is 3. The maximum absolute atomic E-state index is 13.5. The first kappa shape index (κ1) is 11.5. The van der Waals surface area contributed by atoms with Gasteiger partial charge in [-0.2, -0.15) is 0 Å². The summed E-state index contributed by atoms with van der Waals surface area (Å²) in [6, 6.07) is 1.04. The molecule has 0 radical (unpaired) electrons. The van der Waals surface area contributed by atoms with Gasteiger partial charge in [0.05, 0.1) is 17.7 Å². The molecule has 1 aromatic rings. The predicted octanol–water partition coefficient (Wildman–Crippen LogP) is 2.00. The Bertz CT molecular complexity index is 431. The minimum Gasteiger partial charge on any atom is -0.493 e. The first-order valence-electron chi connectivity index (χ1n) is 3.77. The van der Waals surface area contributed by atoms with Gasteiger partial charge in [0.15, 0.2) is 17.9 Å². The van der Waals surface area contributed by atoms with Crippen molar-refractivity contribution >= 4 is 23.9 Å². The Morgan fingerprint density at radius 2 is 2.27 bits per heavy atom. The number of carboxylic acids is 1. The smallest absolute Gasteiger partial charge is 0.340 e. The Labute approximate surface area is 89.2 Å². The number of halogens is 2. The van der Waals surface area contributed by atoms with Crippen molar-refractivity contribution in [2.45, 2.75) is 0 Å². The van der Waals surface area contributed by atoms with E-state index in [1.54, 1.807) is 0 Å². The number of aldehydes is 1.